The number of nitrogens with one attached hydrogen (secondary N) is 1. The van der Waals surface area contributed by atoms with Crippen molar-refractivity contribution in [1.29, 1.82) is 0 Å². The van der Waals surface area contributed by atoms with Crippen molar-refractivity contribution in [1.82, 2.24) is 10.4 Å². The summed E-state index contributed by atoms with van der Waals surface area (Å²) in [6, 6.07) is 0.643. The number of hydrogen-bond donors (Lipinski definition) is 3. The van der Waals surface area contributed by atoms with E-state index in [1.54, 1.807) is 0 Å². The topological polar surface area (TPSA) is 65.0 Å². The second-order valence-corrected chi connectivity index (χ2v) is 10.3. The molecule has 4 fully saturated rings. The van der Waals surface area contributed by atoms with E-state index in [0.717, 1.165) is 44.2 Å². The Balaban J connectivity index is 1.60. The fourth-order valence-corrected chi connectivity index (χ4v) is 6.35. The number of rotatable bonds is 10. The van der Waals surface area contributed by atoms with Crippen LogP contribution in [0.5, 0.6) is 0 Å². The largest absolute Gasteiger partial charge is 0.394 e. The third-order valence-corrected chi connectivity index (χ3v) is 8.35. The molecule has 29 heavy (non-hydrogen) atoms. The first-order valence-corrected chi connectivity index (χ1v) is 11.9. The summed E-state index contributed by atoms with van der Waals surface area (Å²) in [6.07, 6.45) is 9.39. The Morgan fingerprint density at radius 1 is 1.28 bits per heavy atom. The van der Waals surface area contributed by atoms with Gasteiger partial charge in [0.1, 0.15) is 6.10 Å². The molecule has 4 rings (SSSR count). The first kappa shape index (κ1) is 23.2. The molecule has 0 unspecified atom stereocenters. The highest BCUT2D eigenvalue weighted by molar-refractivity contribution is 5.07. The molecular formula is C24H44N2O3. The van der Waals surface area contributed by atoms with E-state index in [0.29, 0.717) is 17.4 Å². The maximum absolute atomic E-state index is 10.4. The molecule has 0 radical (unpaired) electrons. The average molecular weight is 409 g/mol. The lowest BCUT2D eigenvalue weighted by Crippen LogP contribution is -2.61. The van der Waals surface area contributed by atoms with Crippen molar-refractivity contribution in [2.45, 2.75) is 91.0 Å². The molecule has 1 heterocycles. The molecule has 2 bridgehead atoms. The predicted octanol–water partition coefficient (Wildman–Crippen LogP) is 3.37. The van der Waals surface area contributed by atoms with Gasteiger partial charge in [0.25, 0.3) is 0 Å². The molecule has 0 aromatic heterocycles. The summed E-state index contributed by atoms with van der Waals surface area (Å²) in [5, 5.41) is 26.2. The Morgan fingerprint density at radius 3 is 2.62 bits per heavy atom. The molecule has 3 N–H and O–H groups in total. The van der Waals surface area contributed by atoms with Crippen LogP contribution in [0.3, 0.4) is 0 Å². The minimum absolute atomic E-state index is 0.0452. The van der Waals surface area contributed by atoms with Crippen LogP contribution in [-0.2, 0) is 4.84 Å². The van der Waals surface area contributed by atoms with Crippen LogP contribution in [0.25, 0.3) is 0 Å². The molecule has 3 aliphatic carbocycles. The van der Waals surface area contributed by atoms with Gasteiger partial charge in [-0.05, 0) is 62.2 Å². The summed E-state index contributed by atoms with van der Waals surface area (Å²) >= 11 is 0. The summed E-state index contributed by atoms with van der Waals surface area (Å²) in [4.78, 5) is 6.09. The van der Waals surface area contributed by atoms with Crippen LogP contribution in [0.1, 0.15) is 66.7 Å². The maximum Gasteiger partial charge on any atom is 0.109 e. The maximum atomic E-state index is 10.4. The van der Waals surface area contributed by atoms with Crippen LogP contribution in [0, 0.1) is 29.1 Å². The van der Waals surface area contributed by atoms with Gasteiger partial charge in [0.15, 0.2) is 0 Å². The smallest absolute Gasteiger partial charge is 0.109 e. The molecule has 0 aromatic rings. The fourth-order valence-electron chi connectivity index (χ4n) is 6.35. The second kappa shape index (κ2) is 9.78. The predicted molar refractivity (Wildman–Crippen MR) is 117 cm³/mol. The van der Waals surface area contributed by atoms with E-state index >= 15 is 0 Å². The normalized spacial score (nSPS) is 40.3. The van der Waals surface area contributed by atoms with Crippen molar-refractivity contribution in [3.8, 4) is 0 Å². The van der Waals surface area contributed by atoms with Crippen molar-refractivity contribution in [3.63, 3.8) is 0 Å². The van der Waals surface area contributed by atoms with Gasteiger partial charge in [0.05, 0.1) is 18.8 Å². The summed E-state index contributed by atoms with van der Waals surface area (Å²) < 4.78 is 0. The van der Waals surface area contributed by atoms with Gasteiger partial charge in [-0.2, -0.15) is 5.06 Å². The van der Waals surface area contributed by atoms with Crippen molar-refractivity contribution in [2.75, 3.05) is 19.7 Å². The Bertz CT molecular complexity index is 550. The first-order valence-electron chi connectivity index (χ1n) is 11.9. The van der Waals surface area contributed by atoms with E-state index < -0.39 is 6.10 Å². The van der Waals surface area contributed by atoms with Crippen molar-refractivity contribution in [3.05, 3.63) is 12.2 Å². The highest BCUT2D eigenvalue weighted by Gasteiger charge is 2.56. The van der Waals surface area contributed by atoms with Crippen molar-refractivity contribution < 1.29 is 15.1 Å². The standard InChI is InChI=1S/C24H44N2O3/c1-6-7-8-9-10-11-26-21(23(17(3)28)22(15-27)29-26)14-25-20-13-18-12-19(16(20)2)24(18,4)5/h7-8,16-23,25,27-28H,6,9-15H2,1-5H3/b8-7-/t16-,17-,18+,19-,20-,21+,22-,23-/m0/s1. The second-order valence-electron chi connectivity index (χ2n) is 10.3. The number of aliphatic hydroxyl groups is 2. The van der Waals surface area contributed by atoms with Crippen molar-refractivity contribution >= 4 is 0 Å². The van der Waals surface area contributed by atoms with Gasteiger partial charge in [-0.15, -0.1) is 0 Å². The van der Waals surface area contributed by atoms with Gasteiger partial charge in [-0.25, -0.2) is 0 Å². The number of hydroxylamine groups is 2. The zero-order valence-corrected chi connectivity index (χ0v) is 19.2. The minimum Gasteiger partial charge on any atom is -0.394 e. The van der Waals surface area contributed by atoms with Crippen LogP contribution in [0.2, 0.25) is 0 Å². The summed E-state index contributed by atoms with van der Waals surface area (Å²) in [5.41, 5.74) is 0.496. The fraction of sp³-hybridized carbons (Fsp3) is 0.917. The average Bonchev–Trinajstić information content (AvgIpc) is 3.04. The third kappa shape index (κ3) is 4.74. The number of nitrogens with zero attached hydrogens (tertiary/aromatic N) is 1. The molecule has 0 aromatic carbocycles. The summed E-state index contributed by atoms with van der Waals surface area (Å²) in [6.45, 7) is 12.9. The molecular weight excluding hydrogens is 364 g/mol. The van der Waals surface area contributed by atoms with E-state index in [-0.39, 0.29) is 24.7 Å². The van der Waals surface area contributed by atoms with E-state index in [1.807, 2.05) is 12.0 Å². The molecule has 168 valence electrons. The Morgan fingerprint density at radius 2 is 2.03 bits per heavy atom. The zero-order chi connectivity index (χ0) is 21.2. The van der Waals surface area contributed by atoms with Gasteiger partial charge in [0, 0.05) is 25.0 Å². The Labute approximate surface area is 177 Å². The number of hydrogen-bond acceptors (Lipinski definition) is 5. The number of allylic oxidation sites excluding steroid dienone is 2. The van der Waals surface area contributed by atoms with Crippen LogP contribution < -0.4 is 5.32 Å². The molecule has 1 saturated heterocycles. The molecule has 3 saturated carbocycles. The highest BCUT2D eigenvalue weighted by atomic mass is 16.7. The molecule has 5 heteroatoms. The zero-order valence-electron chi connectivity index (χ0n) is 19.2. The monoisotopic (exact) mass is 408 g/mol. The minimum atomic E-state index is -0.500. The molecule has 1 aliphatic heterocycles. The van der Waals surface area contributed by atoms with E-state index in [2.05, 4.69) is 45.2 Å². The van der Waals surface area contributed by atoms with Gasteiger partial charge in [-0.3, -0.25) is 4.84 Å². The lowest BCUT2D eigenvalue weighted by Gasteiger charge is -2.62. The number of fused-ring (bicyclic) bond motifs is 2. The third-order valence-electron chi connectivity index (χ3n) is 8.35. The summed E-state index contributed by atoms with van der Waals surface area (Å²) in [5.74, 6) is 2.27. The van der Waals surface area contributed by atoms with Crippen LogP contribution in [0.4, 0.5) is 0 Å². The lowest BCUT2D eigenvalue weighted by atomic mass is 9.45. The van der Waals surface area contributed by atoms with Gasteiger partial charge < -0.3 is 15.5 Å². The van der Waals surface area contributed by atoms with Crippen LogP contribution in [-0.4, -0.2) is 59.3 Å². The quantitative estimate of drug-likeness (QED) is 0.382. The molecule has 5 nitrogen and oxygen atoms in total. The SMILES string of the molecule is CC/C=C\CCCN1O[C@@H](CO)[C@@H]([C@H](C)O)[C@H]1CN[C@H]1C[C@H]2C[C@@H]([C@@H]1C)C2(C)C. The Kier molecular flexibility index (Phi) is 7.83. The van der Waals surface area contributed by atoms with Gasteiger partial charge in [-0.1, -0.05) is 39.8 Å². The summed E-state index contributed by atoms with van der Waals surface area (Å²) in [7, 11) is 0. The molecule has 4 aliphatic rings. The van der Waals surface area contributed by atoms with Crippen LogP contribution in [0.15, 0.2) is 12.2 Å². The van der Waals surface area contributed by atoms with Crippen molar-refractivity contribution in [2.24, 2.45) is 29.1 Å². The van der Waals surface area contributed by atoms with Gasteiger partial charge >= 0.3 is 0 Å². The van der Waals surface area contributed by atoms with E-state index in [4.69, 9.17) is 4.84 Å². The van der Waals surface area contributed by atoms with Crippen LogP contribution >= 0.6 is 0 Å². The number of aliphatic hydroxyl groups excluding tert-OH is 2. The van der Waals surface area contributed by atoms with E-state index in [9.17, 15) is 10.2 Å². The Hall–Kier alpha value is -0.460. The first-order chi connectivity index (χ1) is 13.8. The lowest BCUT2D eigenvalue weighted by molar-refractivity contribution is -0.172. The highest BCUT2D eigenvalue weighted by Crippen LogP contribution is 2.61. The molecule has 0 amide bonds. The molecule has 8 atom stereocenters. The van der Waals surface area contributed by atoms with Gasteiger partial charge in [0.2, 0.25) is 0 Å². The van der Waals surface area contributed by atoms with E-state index in [1.165, 1.54) is 12.8 Å². The number of unbranched alkanes of at least 4 members (excludes halogenated alkanes) is 1. The molecule has 0 spiro atoms.